The molecule has 2 saturated heterocycles. The second kappa shape index (κ2) is 2.55. The second-order valence-corrected chi connectivity index (χ2v) is 3.89. The summed E-state index contributed by atoms with van der Waals surface area (Å²) in [7, 11) is 0. The van der Waals surface area contributed by atoms with E-state index in [0.717, 1.165) is 16.4 Å². The van der Waals surface area contributed by atoms with E-state index in [1.54, 1.807) is 11.8 Å². The monoisotopic (exact) mass is 188 g/mol. The van der Waals surface area contributed by atoms with E-state index in [9.17, 15) is 9.59 Å². The molecule has 0 aromatic rings. The van der Waals surface area contributed by atoms with Gasteiger partial charge in [-0.3, -0.25) is 0 Å². The lowest BCUT2D eigenvalue weighted by Crippen LogP contribution is -2.39. The highest BCUT2D eigenvalue weighted by molar-refractivity contribution is 7.99. The van der Waals surface area contributed by atoms with Crippen LogP contribution in [0.3, 0.4) is 0 Å². The molecule has 3 amide bonds. The molecule has 5 nitrogen and oxygen atoms in total. The van der Waals surface area contributed by atoms with Crippen LogP contribution in [0.25, 0.3) is 0 Å². The summed E-state index contributed by atoms with van der Waals surface area (Å²) in [5.41, 5.74) is 0. The SMILES string of the molecule is O=C(O)N1C(=O)NC2CSCC21. The number of nitrogens with zero attached hydrogens (tertiary/aromatic N) is 1. The highest BCUT2D eigenvalue weighted by Gasteiger charge is 2.45. The Labute approximate surface area is 73.1 Å². The van der Waals surface area contributed by atoms with Gasteiger partial charge in [0, 0.05) is 11.5 Å². The number of carbonyl (C=O) groups is 2. The van der Waals surface area contributed by atoms with Crippen LogP contribution in [0.1, 0.15) is 0 Å². The van der Waals surface area contributed by atoms with Crippen molar-refractivity contribution in [3.05, 3.63) is 0 Å². The van der Waals surface area contributed by atoms with Gasteiger partial charge in [0.2, 0.25) is 0 Å². The van der Waals surface area contributed by atoms with Crippen LogP contribution in [0.15, 0.2) is 0 Å². The third kappa shape index (κ3) is 0.945. The predicted octanol–water partition coefficient (Wildman–Crippen LogP) is 0.174. The Morgan fingerprint density at radius 3 is 3.08 bits per heavy atom. The van der Waals surface area contributed by atoms with Crippen LogP contribution in [-0.4, -0.2) is 45.7 Å². The Morgan fingerprint density at radius 1 is 1.67 bits per heavy atom. The molecule has 0 aliphatic carbocycles. The minimum atomic E-state index is -1.15. The number of thioether (sulfide) groups is 1. The standard InChI is InChI=1S/C6H8N2O3S/c9-5-7-3-1-12-2-4(3)8(5)6(10)11/h3-4H,1-2H2,(H,7,9)(H,10,11). The van der Waals surface area contributed by atoms with Gasteiger partial charge < -0.3 is 10.4 Å². The molecule has 0 bridgehead atoms. The molecule has 0 spiro atoms. The van der Waals surface area contributed by atoms with Gasteiger partial charge in [-0.05, 0) is 0 Å². The molecular formula is C6H8N2O3S. The van der Waals surface area contributed by atoms with Crippen LogP contribution < -0.4 is 5.32 Å². The van der Waals surface area contributed by atoms with Gasteiger partial charge in [-0.1, -0.05) is 0 Å². The fraction of sp³-hybridized carbons (Fsp3) is 0.667. The lowest BCUT2D eigenvalue weighted by Gasteiger charge is -2.14. The molecule has 2 aliphatic heterocycles. The molecule has 2 atom stereocenters. The van der Waals surface area contributed by atoms with Gasteiger partial charge in [0.05, 0.1) is 12.1 Å². The number of carboxylic acid groups (broad SMARTS) is 1. The molecule has 0 aromatic carbocycles. The molecule has 12 heavy (non-hydrogen) atoms. The molecule has 2 unspecified atom stereocenters. The zero-order chi connectivity index (χ0) is 8.72. The van der Waals surface area contributed by atoms with Gasteiger partial charge in [-0.2, -0.15) is 11.8 Å². The number of amides is 3. The summed E-state index contributed by atoms with van der Waals surface area (Å²) in [4.78, 5) is 22.6. The first-order chi connectivity index (χ1) is 5.70. The first-order valence-electron chi connectivity index (χ1n) is 3.60. The number of urea groups is 1. The minimum absolute atomic E-state index is 0.0265. The lowest BCUT2D eigenvalue weighted by molar-refractivity contribution is 0.148. The van der Waals surface area contributed by atoms with Gasteiger partial charge in [0.15, 0.2) is 0 Å². The molecule has 0 aromatic heterocycles. The summed E-state index contributed by atoms with van der Waals surface area (Å²) in [6.45, 7) is 0. The smallest absolute Gasteiger partial charge is 0.415 e. The van der Waals surface area contributed by atoms with Crippen molar-refractivity contribution >= 4 is 23.9 Å². The number of imide groups is 1. The first kappa shape index (κ1) is 7.72. The van der Waals surface area contributed by atoms with Crippen LogP contribution in [0.2, 0.25) is 0 Å². The highest BCUT2D eigenvalue weighted by atomic mass is 32.2. The zero-order valence-electron chi connectivity index (χ0n) is 6.19. The van der Waals surface area contributed by atoms with E-state index in [1.807, 2.05) is 0 Å². The van der Waals surface area contributed by atoms with Gasteiger partial charge in [0.25, 0.3) is 0 Å². The number of fused-ring (bicyclic) bond motifs is 1. The quantitative estimate of drug-likeness (QED) is 0.532. The van der Waals surface area contributed by atoms with Crippen LogP contribution in [0.4, 0.5) is 9.59 Å². The van der Waals surface area contributed by atoms with Gasteiger partial charge in [0.1, 0.15) is 0 Å². The molecule has 2 rings (SSSR count). The third-order valence-electron chi connectivity index (χ3n) is 2.12. The van der Waals surface area contributed by atoms with E-state index in [2.05, 4.69) is 5.32 Å². The molecular weight excluding hydrogens is 180 g/mol. The molecule has 0 saturated carbocycles. The molecule has 2 heterocycles. The molecule has 0 radical (unpaired) electrons. The van der Waals surface area contributed by atoms with Crippen molar-refractivity contribution in [3.8, 4) is 0 Å². The van der Waals surface area contributed by atoms with E-state index < -0.39 is 12.1 Å². The van der Waals surface area contributed by atoms with Crippen LogP contribution >= 0.6 is 11.8 Å². The van der Waals surface area contributed by atoms with Gasteiger partial charge in [-0.15, -0.1) is 0 Å². The lowest BCUT2D eigenvalue weighted by atomic mass is 10.2. The number of nitrogens with one attached hydrogen (secondary N) is 1. The Bertz CT molecular complexity index is 245. The number of carbonyl (C=O) groups excluding carboxylic acids is 1. The second-order valence-electron chi connectivity index (χ2n) is 2.81. The molecule has 2 aliphatic rings. The van der Waals surface area contributed by atoms with Gasteiger partial charge >= 0.3 is 12.1 Å². The first-order valence-corrected chi connectivity index (χ1v) is 4.76. The van der Waals surface area contributed by atoms with Crippen molar-refractivity contribution in [1.82, 2.24) is 10.2 Å². The third-order valence-corrected chi connectivity index (χ3v) is 3.29. The number of rotatable bonds is 0. The van der Waals surface area contributed by atoms with Crippen molar-refractivity contribution in [2.24, 2.45) is 0 Å². The Hall–Kier alpha value is -0.910. The summed E-state index contributed by atoms with van der Waals surface area (Å²) >= 11 is 1.67. The molecule has 2 N–H and O–H groups in total. The fourth-order valence-corrected chi connectivity index (χ4v) is 2.86. The summed E-state index contributed by atoms with van der Waals surface area (Å²) in [6.07, 6.45) is -1.15. The van der Waals surface area contributed by atoms with Crippen molar-refractivity contribution < 1.29 is 14.7 Å². The summed E-state index contributed by atoms with van der Waals surface area (Å²) < 4.78 is 0. The topological polar surface area (TPSA) is 69.6 Å². The Balaban J connectivity index is 2.21. The van der Waals surface area contributed by atoms with E-state index in [1.165, 1.54) is 0 Å². The Kier molecular flexibility index (Phi) is 1.64. The maximum absolute atomic E-state index is 11.1. The minimum Gasteiger partial charge on any atom is -0.465 e. The van der Waals surface area contributed by atoms with Crippen molar-refractivity contribution in [1.29, 1.82) is 0 Å². The molecule has 66 valence electrons. The predicted molar refractivity (Wildman–Crippen MR) is 43.3 cm³/mol. The van der Waals surface area contributed by atoms with Crippen LogP contribution in [0.5, 0.6) is 0 Å². The molecule has 2 fully saturated rings. The van der Waals surface area contributed by atoms with E-state index in [0.29, 0.717) is 0 Å². The van der Waals surface area contributed by atoms with Crippen molar-refractivity contribution in [2.75, 3.05) is 11.5 Å². The fourth-order valence-electron chi connectivity index (χ4n) is 1.54. The number of hydrogen-bond donors (Lipinski definition) is 2. The maximum atomic E-state index is 11.1. The average Bonchev–Trinajstić information content (AvgIpc) is 2.44. The highest BCUT2D eigenvalue weighted by Crippen LogP contribution is 2.27. The maximum Gasteiger partial charge on any atom is 0.415 e. The van der Waals surface area contributed by atoms with Gasteiger partial charge in [-0.25, -0.2) is 14.5 Å². The Morgan fingerprint density at radius 2 is 2.42 bits per heavy atom. The summed E-state index contributed by atoms with van der Waals surface area (Å²) in [5, 5.41) is 11.3. The number of hydrogen-bond acceptors (Lipinski definition) is 3. The van der Waals surface area contributed by atoms with Crippen molar-refractivity contribution in [2.45, 2.75) is 12.1 Å². The van der Waals surface area contributed by atoms with E-state index in [-0.39, 0.29) is 12.1 Å². The van der Waals surface area contributed by atoms with Crippen molar-refractivity contribution in [3.63, 3.8) is 0 Å². The normalized spacial score (nSPS) is 33.3. The summed E-state index contributed by atoms with van der Waals surface area (Å²) in [6, 6.07) is -0.601. The largest absolute Gasteiger partial charge is 0.465 e. The molecule has 6 heteroatoms. The average molecular weight is 188 g/mol. The summed E-state index contributed by atoms with van der Waals surface area (Å²) in [5.74, 6) is 1.54. The van der Waals surface area contributed by atoms with Crippen LogP contribution in [0, 0.1) is 0 Å². The zero-order valence-corrected chi connectivity index (χ0v) is 7.00. The van der Waals surface area contributed by atoms with E-state index in [4.69, 9.17) is 5.11 Å². The van der Waals surface area contributed by atoms with Crippen LogP contribution in [-0.2, 0) is 0 Å². The van der Waals surface area contributed by atoms with E-state index >= 15 is 0 Å².